The zero-order valence-electron chi connectivity index (χ0n) is 14.7. The molecule has 6 atom stereocenters. The smallest absolute Gasteiger partial charge is 0.344 e. The minimum Gasteiger partial charge on any atom is -0.465 e. The van der Waals surface area contributed by atoms with Crippen molar-refractivity contribution >= 4 is 17.9 Å². The summed E-state index contributed by atoms with van der Waals surface area (Å²) in [6, 6.07) is 0. The van der Waals surface area contributed by atoms with Crippen LogP contribution >= 0.6 is 0 Å². The number of ether oxygens (including phenoxy) is 3. The van der Waals surface area contributed by atoms with Gasteiger partial charge in [-0.2, -0.15) is 0 Å². The molecule has 3 fully saturated rings. The predicted molar refractivity (Wildman–Crippen MR) is 83.6 cm³/mol. The lowest BCUT2D eigenvalue weighted by Crippen LogP contribution is -2.41. The molecule has 0 N–H and O–H groups in total. The molecule has 2 bridgehead atoms. The van der Waals surface area contributed by atoms with E-state index in [2.05, 4.69) is 0 Å². The third-order valence-electron chi connectivity index (χ3n) is 6.35. The third kappa shape index (κ3) is 2.70. The summed E-state index contributed by atoms with van der Waals surface area (Å²) in [4.78, 5) is 35.9. The number of hydrogen-bond acceptors (Lipinski definition) is 6. The fourth-order valence-corrected chi connectivity index (χ4v) is 4.47. The maximum atomic E-state index is 12.1. The highest BCUT2D eigenvalue weighted by atomic mass is 16.6. The van der Waals surface area contributed by atoms with Crippen molar-refractivity contribution in [3.8, 4) is 0 Å². The van der Waals surface area contributed by atoms with Crippen molar-refractivity contribution in [1.82, 2.24) is 0 Å². The minimum absolute atomic E-state index is 0.0249. The molecule has 0 spiro atoms. The summed E-state index contributed by atoms with van der Waals surface area (Å²) < 4.78 is 15.9. The summed E-state index contributed by atoms with van der Waals surface area (Å²) in [6.45, 7) is 7.58. The molecule has 24 heavy (non-hydrogen) atoms. The standard InChI is InChI=1S/C18H26O6/c1-5-18(3,4)17(21)23-8-13(19)24-15-9(2)10-6-11(15)12-7-22-16(20)14(10)12/h9-12,14-15H,5-8H2,1-4H3. The Morgan fingerprint density at radius 2 is 1.96 bits per heavy atom. The Hall–Kier alpha value is -1.59. The number of fused-ring (bicyclic) bond motifs is 5. The van der Waals surface area contributed by atoms with Crippen molar-refractivity contribution in [2.75, 3.05) is 13.2 Å². The molecule has 1 aliphatic heterocycles. The summed E-state index contributed by atoms with van der Waals surface area (Å²) in [5.41, 5.74) is -0.602. The van der Waals surface area contributed by atoms with Gasteiger partial charge in [0.25, 0.3) is 0 Å². The van der Waals surface area contributed by atoms with E-state index >= 15 is 0 Å². The lowest BCUT2D eigenvalue weighted by molar-refractivity contribution is -0.171. The first-order valence-corrected chi connectivity index (χ1v) is 8.79. The maximum Gasteiger partial charge on any atom is 0.344 e. The van der Waals surface area contributed by atoms with Gasteiger partial charge < -0.3 is 14.2 Å². The highest BCUT2D eigenvalue weighted by Gasteiger charge is 2.63. The third-order valence-corrected chi connectivity index (χ3v) is 6.35. The van der Waals surface area contributed by atoms with Crippen LogP contribution in [-0.2, 0) is 28.6 Å². The average molecular weight is 338 g/mol. The molecule has 3 aliphatic rings. The maximum absolute atomic E-state index is 12.1. The normalized spacial score (nSPS) is 37.1. The lowest BCUT2D eigenvalue weighted by atomic mass is 9.74. The van der Waals surface area contributed by atoms with Gasteiger partial charge in [-0.15, -0.1) is 0 Å². The zero-order valence-corrected chi connectivity index (χ0v) is 14.7. The van der Waals surface area contributed by atoms with Crippen LogP contribution < -0.4 is 0 Å². The average Bonchev–Trinajstić information content (AvgIpc) is 3.18. The summed E-state index contributed by atoms with van der Waals surface area (Å²) >= 11 is 0. The highest BCUT2D eigenvalue weighted by molar-refractivity contribution is 5.80. The number of rotatable bonds is 5. The number of hydrogen-bond donors (Lipinski definition) is 0. The van der Waals surface area contributed by atoms with Crippen LogP contribution in [0.25, 0.3) is 0 Å². The van der Waals surface area contributed by atoms with Gasteiger partial charge in [-0.25, -0.2) is 4.79 Å². The van der Waals surface area contributed by atoms with E-state index in [0.29, 0.717) is 13.0 Å². The molecule has 0 amide bonds. The van der Waals surface area contributed by atoms with Crippen molar-refractivity contribution in [3.63, 3.8) is 0 Å². The van der Waals surface area contributed by atoms with Crippen molar-refractivity contribution < 1.29 is 28.6 Å². The Morgan fingerprint density at radius 3 is 2.62 bits per heavy atom. The number of carbonyl (C=O) groups excluding carboxylic acids is 3. The lowest BCUT2D eigenvalue weighted by Gasteiger charge is -2.33. The molecule has 1 heterocycles. The van der Waals surface area contributed by atoms with Gasteiger partial charge >= 0.3 is 17.9 Å². The monoisotopic (exact) mass is 338 g/mol. The molecule has 6 unspecified atom stereocenters. The van der Waals surface area contributed by atoms with Crippen molar-refractivity contribution in [1.29, 1.82) is 0 Å². The summed E-state index contributed by atoms with van der Waals surface area (Å²) in [7, 11) is 0. The van der Waals surface area contributed by atoms with Crippen LogP contribution in [0, 0.1) is 35.0 Å². The molecule has 2 aliphatic carbocycles. The van der Waals surface area contributed by atoms with E-state index in [1.165, 1.54) is 0 Å². The molecule has 0 aromatic rings. The second-order valence-electron chi connectivity index (χ2n) is 8.01. The Labute approximate surface area is 142 Å². The number of carbonyl (C=O) groups is 3. The second kappa shape index (κ2) is 6.05. The topological polar surface area (TPSA) is 78.9 Å². The first-order valence-electron chi connectivity index (χ1n) is 8.79. The van der Waals surface area contributed by atoms with Crippen LogP contribution in [-0.4, -0.2) is 37.2 Å². The summed E-state index contributed by atoms with van der Waals surface area (Å²) in [6.07, 6.45) is 1.34. The van der Waals surface area contributed by atoms with Gasteiger partial charge in [-0.05, 0) is 38.5 Å². The molecule has 134 valence electrons. The van der Waals surface area contributed by atoms with E-state index in [-0.39, 0.29) is 48.3 Å². The fourth-order valence-electron chi connectivity index (χ4n) is 4.47. The molecular formula is C18H26O6. The molecule has 0 aromatic carbocycles. The Balaban J connectivity index is 1.55. The van der Waals surface area contributed by atoms with Gasteiger partial charge in [0.2, 0.25) is 0 Å². The van der Waals surface area contributed by atoms with Crippen LogP contribution in [0.4, 0.5) is 0 Å². The molecule has 1 saturated heterocycles. The Bertz CT molecular complexity index is 554. The van der Waals surface area contributed by atoms with Crippen LogP contribution in [0.5, 0.6) is 0 Å². The van der Waals surface area contributed by atoms with Gasteiger partial charge in [0.05, 0.1) is 17.9 Å². The van der Waals surface area contributed by atoms with E-state index in [1.807, 2.05) is 13.8 Å². The highest BCUT2D eigenvalue weighted by Crippen LogP contribution is 2.58. The van der Waals surface area contributed by atoms with Crippen LogP contribution in [0.1, 0.15) is 40.5 Å². The summed E-state index contributed by atoms with van der Waals surface area (Å²) in [5, 5.41) is 0. The minimum atomic E-state index is -0.602. The quantitative estimate of drug-likeness (QED) is 0.563. The largest absolute Gasteiger partial charge is 0.465 e. The van der Waals surface area contributed by atoms with E-state index in [1.54, 1.807) is 13.8 Å². The van der Waals surface area contributed by atoms with Gasteiger partial charge in [0, 0.05) is 11.8 Å². The van der Waals surface area contributed by atoms with Crippen molar-refractivity contribution in [3.05, 3.63) is 0 Å². The van der Waals surface area contributed by atoms with Gasteiger partial charge in [0.1, 0.15) is 6.10 Å². The molecule has 0 radical (unpaired) electrons. The van der Waals surface area contributed by atoms with Crippen molar-refractivity contribution in [2.45, 2.75) is 46.6 Å². The molecule has 6 heteroatoms. The number of esters is 3. The van der Waals surface area contributed by atoms with Crippen LogP contribution in [0.2, 0.25) is 0 Å². The Kier molecular flexibility index (Phi) is 4.34. The van der Waals surface area contributed by atoms with Crippen LogP contribution in [0.15, 0.2) is 0 Å². The molecule has 3 rings (SSSR count). The molecular weight excluding hydrogens is 312 g/mol. The van der Waals surface area contributed by atoms with E-state index < -0.39 is 17.4 Å². The van der Waals surface area contributed by atoms with Crippen LogP contribution in [0.3, 0.4) is 0 Å². The zero-order chi connectivity index (χ0) is 17.6. The second-order valence-corrected chi connectivity index (χ2v) is 8.01. The Morgan fingerprint density at radius 1 is 1.25 bits per heavy atom. The van der Waals surface area contributed by atoms with Gasteiger partial charge in [0.15, 0.2) is 6.61 Å². The molecule has 2 saturated carbocycles. The number of cyclic esters (lactones) is 1. The first-order chi connectivity index (χ1) is 11.3. The summed E-state index contributed by atoms with van der Waals surface area (Å²) in [5.74, 6) is -0.323. The van der Waals surface area contributed by atoms with E-state index in [9.17, 15) is 14.4 Å². The SMILES string of the molecule is CCC(C)(C)C(=O)OCC(=O)OC1C(C)C2CC1C1COC(=O)C21. The predicted octanol–water partition coefficient (Wildman–Crippen LogP) is 1.95. The fraction of sp³-hybridized carbons (Fsp3) is 0.833. The molecule has 0 aromatic heterocycles. The van der Waals surface area contributed by atoms with Gasteiger partial charge in [-0.3, -0.25) is 9.59 Å². The van der Waals surface area contributed by atoms with Gasteiger partial charge in [-0.1, -0.05) is 13.8 Å². The van der Waals surface area contributed by atoms with Crippen molar-refractivity contribution in [2.24, 2.45) is 35.0 Å². The molecule has 6 nitrogen and oxygen atoms in total. The van der Waals surface area contributed by atoms with E-state index in [4.69, 9.17) is 14.2 Å². The van der Waals surface area contributed by atoms with E-state index in [0.717, 1.165) is 6.42 Å². The first kappa shape index (κ1) is 17.2.